The summed E-state index contributed by atoms with van der Waals surface area (Å²) >= 11 is 0. The first-order valence-electron chi connectivity index (χ1n) is 7.81. The van der Waals surface area contributed by atoms with Crippen molar-refractivity contribution in [1.82, 2.24) is 4.90 Å². The maximum Gasteiger partial charge on any atom is 0.307 e. The Balaban J connectivity index is 1.66. The number of carbonyl (C=O) groups is 2. The Bertz CT molecular complexity index is 455. The zero-order valence-corrected chi connectivity index (χ0v) is 12.4. The highest BCUT2D eigenvalue weighted by Gasteiger charge is 2.52. The molecule has 116 valence electrons. The molecule has 5 atom stereocenters. The van der Waals surface area contributed by atoms with Crippen molar-refractivity contribution in [3.63, 3.8) is 0 Å². The topological polar surface area (TPSA) is 66.8 Å². The van der Waals surface area contributed by atoms with Gasteiger partial charge in [-0.05, 0) is 37.0 Å². The molecule has 5 nitrogen and oxygen atoms in total. The van der Waals surface area contributed by atoms with E-state index in [0.29, 0.717) is 19.1 Å². The minimum Gasteiger partial charge on any atom is -0.481 e. The number of nitrogens with zero attached hydrogens (tertiary/aromatic N) is 1. The molecule has 21 heavy (non-hydrogen) atoms. The summed E-state index contributed by atoms with van der Waals surface area (Å²) in [4.78, 5) is 25.9. The third-order valence-corrected chi connectivity index (χ3v) is 5.19. The van der Waals surface area contributed by atoms with Crippen LogP contribution < -0.4 is 0 Å². The number of amides is 1. The second-order valence-corrected chi connectivity index (χ2v) is 6.64. The fourth-order valence-corrected chi connectivity index (χ4v) is 4.18. The Hall–Kier alpha value is -1.36. The smallest absolute Gasteiger partial charge is 0.307 e. The average Bonchev–Trinajstić information content (AvgIpc) is 3.08. The van der Waals surface area contributed by atoms with Crippen molar-refractivity contribution in [3.8, 4) is 0 Å². The van der Waals surface area contributed by atoms with E-state index in [1.165, 1.54) is 0 Å². The van der Waals surface area contributed by atoms with Gasteiger partial charge >= 0.3 is 5.97 Å². The number of ether oxygens (including phenoxy) is 1. The SMILES string of the molecule is CN(CC1CCCOC1)C(=O)C1C2C=CC(C2)C1C(=O)O. The Kier molecular flexibility index (Phi) is 4.02. The number of allylic oxidation sites excluding steroid dienone is 2. The Morgan fingerprint density at radius 2 is 2.00 bits per heavy atom. The van der Waals surface area contributed by atoms with Gasteiger partial charge in [-0.15, -0.1) is 0 Å². The van der Waals surface area contributed by atoms with E-state index in [1.54, 1.807) is 11.9 Å². The number of aliphatic carboxylic acids is 1. The minimum absolute atomic E-state index is 0.00942. The predicted octanol–water partition coefficient (Wildman–Crippen LogP) is 1.39. The van der Waals surface area contributed by atoms with E-state index in [0.717, 1.165) is 25.9 Å². The van der Waals surface area contributed by atoms with Crippen LogP contribution in [0, 0.1) is 29.6 Å². The number of rotatable bonds is 4. The molecule has 1 heterocycles. The van der Waals surface area contributed by atoms with E-state index in [2.05, 4.69) is 0 Å². The molecule has 0 aromatic heterocycles. The van der Waals surface area contributed by atoms with Crippen LogP contribution in [0.4, 0.5) is 0 Å². The van der Waals surface area contributed by atoms with Crippen molar-refractivity contribution in [2.75, 3.05) is 26.8 Å². The molecule has 0 radical (unpaired) electrons. The quantitative estimate of drug-likeness (QED) is 0.796. The highest BCUT2D eigenvalue weighted by Crippen LogP contribution is 2.48. The van der Waals surface area contributed by atoms with Gasteiger partial charge in [0.05, 0.1) is 18.4 Å². The zero-order chi connectivity index (χ0) is 15.0. The highest BCUT2D eigenvalue weighted by molar-refractivity contribution is 5.86. The first kappa shape index (κ1) is 14.6. The summed E-state index contributed by atoms with van der Waals surface area (Å²) in [6.45, 7) is 2.19. The molecule has 1 N–H and O–H groups in total. The Morgan fingerprint density at radius 1 is 1.29 bits per heavy atom. The van der Waals surface area contributed by atoms with Gasteiger partial charge in [0.25, 0.3) is 0 Å². The molecule has 1 saturated carbocycles. The molecular weight excluding hydrogens is 270 g/mol. The summed E-state index contributed by atoms with van der Waals surface area (Å²) in [5, 5.41) is 9.43. The van der Waals surface area contributed by atoms with E-state index in [9.17, 15) is 14.7 Å². The lowest BCUT2D eigenvalue weighted by atomic mass is 9.82. The van der Waals surface area contributed by atoms with Crippen LogP contribution in [-0.2, 0) is 14.3 Å². The molecule has 2 bridgehead atoms. The molecule has 3 aliphatic rings. The van der Waals surface area contributed by atoms with Crippen LogP contribution in [0.3, 0.4) is 0 Å². The molecular formula is C16H23NO4. The van der Waals surface area contributed by atoms with Crippen LogP contribution in [0.2, 0.25) is 0 Å². The van der Waals surface area contributed by atoms with Crippen molar-refractivity contribution in [2.24, 2.45) is 29.6 Å². The van der Waals surface area contributed by atoms with Gasteiger partial charge in [0.1, 0.15) is 0 Å². The van der Waals surface area contributed by atoms with Crippen LogP contribution in [0.1, 0.15) is 19.3 Å². The molecule has 3 rings (SSSR count). The Morgan fingerprint density at radius 3 is 2.62 bits per heavy atom. The third-order valence-electron chi connectivity index (χ3n) is 5.19. The predicted molar refractivity (Wildman–Crippen MR) is 76.5 cm³/mol. The molecule has 0 aromatic carbocycles. The molecule has 5 heteroatoms. The van der Waals surface area contributed by atoms with Crippen LogP contribution in [-0.4, -0.2) is 48.7 Å². The highest BCUT2D eigenvalue weighted by atomic mass is 16.5. The van der Waals surface area contributed by atoms with Gasteiger partial charge in [0, 0.05) is 20.2 Å². The van der Waals surface area contributed by atoms with Gasteiger partial charge in [0.2, 0.25) is 5.91 Å². The summed E-state index contributed by atoms with van der Waals surface area (Å²) in [5.41, 5.74) is 0. The van der Waals surface area contributed by atoms with Gasteiger partial charge in [0.15, 0.2) is 0 Å². The lowest BCUT2D eigenvalue weighted by Crippen LogP contribution is -2.43. The maximum atomic E-state index is 12.7. The molecule has 1 amide bonds. The summed E-state index contributed by atoms with van der Waals surface area (Å²) < 4.78 is 5.45. The van der Waals surface area contributed by atoms with E-state index < -0.39 is 11.9 Å². The van der Waals surface area contributed by atoms with Gasteiger partial charge < -0.3 is 14.7 Å². The lowest BCUT2D eigenvalue weighted by Gasteiger charge is -2.32. The molecule has 1 saturated heterocycles. The van der Waals surface area contributed by atoms with Crippen LogP contribution in [0.25, 0.3) is 0 Å². The molecule has 5 unspecified atom stereocenters. The Labute approximate surface area is 124 Å². The van der Waals surface area contributed by atoms with Crippen molar-refractivity contribution in [1.29, 1.82) is 0 Å². The summed E-state index contributed by atoms with van der Waals surface area (Å²) in [6, 6.07) is 0. The number of fused-ring (bicyclic) bond motifs is 2. The van der Waals surface area contributed by atoms with Crippen molar-refractivity contribution < 1.29 is 19.4 Å². The standard InChI is InChI=1S/C16H23NO4/c1-17(8-10-3-2-6-21-9-10)15(18)13-11-4-5-12(7-11)14(13)16(19)20/h4-5,10-14H,2-3,6-9H2,1H3,(H,19,20). The zero-order valence-electron chi connectivity index (χ0n) is 12.4. The van der Waals surface area contributed by atoms with Gasteiger partial charge in [-0.25, -0.2) is 0 Å². The maximum absolute atomic E-state index is 12.7. The summed E-state index contributed by atoms with van der Waals surface area (Å²) in [7, 11) is 1.80. The number of carboxylic acid groups (broad SMARTS) is 1. The lowest BCUT2D eigenvalue weighted by molar-refractivity contribution is -0.150. The number of hydrogen-bond acceptors (Lipinski definition) is 3. The molecule has 2 aliphatic carbocycles. The van der Waals surface area contributed by atoms with Crippen molar-refractivity contribution >= 4 is 11.9 Å². The largest absolute Gasteiger partial charge is 0.481 e. The van der Waals surface area contributed by atoms with Gasteiger partial charge in [-0.2, -0.15) is 0 Å². The second kappa shape index (κ2) is 5.79. The molecule has 1 aliphatic heterocycles. The van der Waals surface area contributed by atoms with Crippen molar-refractivity contribution in [2.45, 2.75) is 19.3 Å². The van der Waals surface area contributed by atoms with E-state index >= 15 is 0 Å². The monoisotopic (exact) mass is 293 g/mol. The van der Waals surface area contributed by atoms with E-state index in [-0.39, 0.29) is 23.7 Å². The summed E-state index contributed by atoms with van der Waals surface area (Å²) in [6.07, 6.45) is 6.94. The normalized spacial score (nSPS) is 37.7. The average molecular weight is 293 g/mol. The molecule has 0 aromatic rings. The molecule has 0 spiro atoms. The number of carboxylic acids is 1. The number of carbonyl (C=O) groups excluding carboxylic acids is 1. The third kappa shape index (κ3) is 2.71. The minimum atomic E-state index is -0.834. The number of hydrogen-bond donors (Lipinski definition) is 1. The van der Waals surface area contributed by atoms with Crippen LogP contribution in [0.5, 0.6) is 0 Å². The fourth-order valence-electron chi connectivity index (χ4n) is 4.18. The summed E-state index contributed by atoms with van der Waals surface area (Å²) in [5.74, 6) is -1.25. The molecule has 2 fully saturated rings. The van der Waals surface area contributed by atoms with Gasteiger partial charge in [-0.3, -0.25) is 9.59 Å². The van der Waals surface area contributed by atoms with Gasteiger partial charge in [-0.1, -0.05) is 12.2 Å². The van der Waals surface area contributed by atoms with E-state index in [1.807, 2.05) is 12.2 Å². The van der Waals surface area contributed by atoms with E-state index in [4.69, 9.17) is 4.74 Å². The first-order valence-corrected chi connectivity index (χ1v) is 7.81. The fraction of sp³-hybridized carbons (Fsp3) is 0.750. The van der Waals surface area contributed by atoms with Crippen LogP contribution >= 0.6 is 0 Å². The first-order chi connectivity index (χ1) is 10.1. The second-order valence-electron chi connectivity index (χ2n) is 6.64. The van der Waals surface area contributed by atoms with Crippen molar-refractivity contribution in [3.05, 3.63) is 12.2 Å². The van der Waals surface area contributed by atoms with Crippen LogP contribution in [0.15, 0.2) is 12.2 Å².